The smallest absolute Gasteiger partial charge is 0.138 e. The van der Waals surface area contributed by atoms with Gasteiger partial charge in [-0.25, -0.2) is 0 Å². The zero-order chi connectivity index (χ0) is 15.2. The Morgan fingerprint density at radius 1 is 1.18 bits per heavy atom. The molecule has 1 fully saturated rings. The molecular formula is C18H22N2O2. The Hall–Kier alpha value is -1.91. The van der Waals surface area contributed by atoms with Crippen molar-refractivity contribution in [1.29, 1.82) is 0 Å². The van der Waals surface area contributed by atoms with E-state index >= 15 is 0 Å². The summed E-state index contributed by atoms with van der Waals surface area (Å²) in [5.74, 6) is 0.815. The minimum Gasteiger partial charge on any atom is -0.490 e. The Balaban J connectivity index is 1.65. The first-order valence-corrected chi connectivity index (χ1v) is 7.86. The lowest BCUT2D eigenvalue weighted by molar-refractivity contribution is 0.217. The Bertz CT molecular complexity index is 594. The van der Waals surface area contributed by atoms with Crippen LogP contribution in [0, 0.1) is 0 Å². The molecule has 1 saturated heterocycles. The van der Waals surface area contributed by atoms with Gasteiger partial charge in [0.1, 0.15) is 12.4 Å². The maximum absolute atomic E-state index is 8.88. The first-order valence-electron chi connectivity index (χ1n) is 7.86. The van der Waals surface area contributed by atoms with Crippen molar-refractivity contribution in [3.05, 3.63) is 48.3 Å². The van der Waals surface area contributed by atoms with Gasteiger partial charge >= 0.3 is 0 Å². The summed E-state index contributed by atoms with van der Waals surface area (Å²) < 4.78 is 5.80. The zero-order valence-electron chi connectivity index (χ0n) is 12.7. The molecule has 22 heavy (non-hydrogen) atoms. The second-order valence-electron chi connectivity index (χ2n) is 5.68. The summed E-state index contributed by atoms with van der Waals surface area (Å²) in [5.41, 5.74) is 3.44. The predicted molar refractivity (Wildman–Crippen MR) is 87.0 cm³/mol. The van der Waals surface area contributed by atoms with Crippen molar-refractivity contribution in [3.63, 3.8) is 0 Å². The highest BCUT2D eigenvalue weighted by Gasteiger charge is 2.16. The largest absolute Gasteiger partial charge is 0.490 e. The molecule has 0 bridgehead atoms. The zero-order valence-corrected chi connectivity index (χ0v) is 12.7. The number of ether oxygens (including phenoxy) is 1. The highest BCUT2D eigenvalue weighted by molar-refractivity contribution is 5.64. The lowest BCUT2D eigenvalue weighted by Crippen LogP contribution is -2.46. The monoisotopic (exact) mass is 298 g/mol. The van der Waals surface area contributed by atoms with Crippen LogP contribution in [-0.2, 0) is 6.42 Å². The number of rotatable bonds is 7. The van der Waals surface area contributed by atoms with Crippen LogP contribution in [0.5, 0.6) is 5.75 Å². The van der Waals surface area contributed by atoms with Gasteiger partial charge in [0.15, 0.2) is 0 Å². The molecular weight excluding hydrogens is 276 g/mol. The summed E-state index contributed by atoms with van der Waals surface area (Å²) >= 11 is 0. The normalized spacial score (nSPS) is 17.0. The van der Waals surface area contributed by atoms with E-state index in [2.05, 4.69) is 34.6 Å². The second kappa shape index (κ2) is 7.38. The van der Waals surface area contributed by atoms with Crippen molar-refractivity contribution in [2.45, 2.75) is 25.3 Å². The molecule has 0 radical (unpaired) electrons. The molecule has 0 aliphatic carbocycles. The lowest BCUT2D eigenvalue weighted by atomic mass is 10.0. The van der Waals surface area contributed by atoms with E-state index < -0.39 is 0 Å². The summed E-state index contributed by atoms with van der Waals surface area (Å²) in [6.07, 6.45) is 6.52. The van der Waals surface area contributed by atoms with Crippen LogP contribution in [0.4, 0.5) is 0 Å². The Labute approximate surface area is 131 Å². The summed E-state index contributed by atoms with van der Waals surface area (Å²) in [6.45, 7) is 2.03. The predicted octanol–water partition coefficient (Wildman–Crippen LogP) is 2.41. The highest BCUT2D eigenvalue weighted by Crippen LogP contribution is 2.23. The quantitative estimate of drug-likeness (QED) is 0.824. The van der Waals surface area contributed by atoms with Crippen molar-refractivity contribution >= 4 is 0 Å². The van der Waals surface area contributed by atoms with Crippen LogP contribution < -0.4 is 10.1 Å². The fourth-order valence-electron chi connectivity index (χ4n) is 2.49. The van der Waals surface area contributed by atoms with E-state index in [1.807, 2.05) is 12.3 Å². The minimum atomic E-state index is 0.237. The number of aryl methyl sites for hydroxylation is 1. The third-order valence-corrected chi connectivity index (χ3v) is 4.00. The number of nitrogens with zero attached hydrogens (tertiary/aromatic N) is 1. The van der Waals surface area contributed by atoms with Gasteiger partial charge in [0, 0.05) is 24.4 Å². The SMILES string of the molecule is OCCCc1ccc(-c2cncc(OC[C@H]3CCN3)c2)cc1. The molecule has 2 heterocycles. The van der Waals surface area contributed by atoms with E-state index in [9.17, 15) is 0 Å². The third-order valence-electron chi connectivity index (χ3n) is 4.00. The van der Waals surface area contributed by atoms with Gasteiger partial charge in [0.2, 0.25) is 0 Å². The topological polar surface area (TPSA) is 54.4 Å². The van der Waals surface area contributed by atoms with Gasteiger partial charge in [-0.15, -0.1) is 0 Å². The molecule has 1 aliphatic rings. The van der Waals surface area contributed by atoms with Gasteiger partial charge in [-0.1, -0.05) is 24.3 Å². The number of hydrogen-bond donors (Lipinski definition) is 2. The van der Waals surface area contributed by atoms with Gasteiger partial charge in [-0.3, -0.25) is 4.98 Å². The van der Waals surface area contributed by atoms with E-state index in [1.54, 1.807) is 6.20 Å². The Kier molecular flexibility index (Phi) is 5.03. The molecule has 116 valence electrons. The van der Waals surface area contributed by atoms with E-state index in [4.69, 9.17) is 9.84 Å². The number of nitrogens with one attached hydrogen (secondary N) is 1. The minimum absolute atomic E-state index is 0.237. The fraction of sp³-hybridized carbons (Fsp3) is 0.389. The van der Waals surface area contributed by atoms with Crippen LogP contribution in [-0.4, -0.2) is 35.9 Å². The lowest BCUT2D eigenvalue weighted by Gasteiger charge is -2.27. The molecule has 4 nitrogen and oxygen atoms in total. The van der Waals surface area contributed by atoms with Crippen LogP contribution in [0.3, 0.4) is 0 Å². The van der Waals surface area contributed by atoms with Gasteiger partial charge in [0.05, 0.1) is 6.20 Å². The van der Waals surface area contributed by atoms with Gasteiger partial charge in [0.25, 0.3) is 0 Å². The fourth-order valence-corrected chi connectivity index (χ4v) is 2.49. The molecule has 0 spiro atoms. The summed E-state index contributed by atoms with van der Waals surface area (Å²) in [4.78, 5) is 4.28. The second-order valence-corrected chi connectivity index (χ2v) is 5.68. The van der Waals surface area contributed by atoms with Crippen molar-refractivity contribution in [1.82, 2.24) is 10.3 Å². The number of benzene rings is 1. The molecule has 2 aromatic rings. The average molecular weight is 298 g/mol. The number of hydrogen-bond acceptors (Lipinski definition) is 4. The maximum Gasteiger partial charge on any atom is 0.138 e. The van der Waals surface area contributed by atoms with E-state index in [0.29, 0.717) is 12.6 Å². The third kappa shape index (κ3) is 3.84. The molecule has 4 heteroatoms. The van der Waals surface area contributed by atoms with Crippen molar-refractivity contribution in [2.75, 3.05) is 19.8 Å². The summed E-state index contributed by atoms with van der Waals surface area (Å²) in [5, 5.41) is 12.2. The average Bonchev–Trinajstić information content (AvgIpc) is 2.52. The molecule has 1 aliphatic heterocycles. The number of aromatic nitrogens is 1. The molecule has 0 amide bonds. The molecule has 1 atom stereocenters. The molecule has 2 N–H and O–H groups in total. The Morgan fingerprint density at radius 3 is 2.68 bits per heavy atom. The van der Waals surface area contributed by atoms with Crippen molar-refractivity contribution in [2.24, 2.45) is 0 Å². The standard InChI is InChI=1S/C18H22N2O2/c21-9-1-2-14-3-5-15(6-4-14)16-10-18(12-19-11-16)22-13-17-7-8-20-17/h3-6,10-12,17,20-21H,1-2,7-9,13H2/t17-/m1/s1. The number of aliphatic hydroxyl groups is 1. The van der Waals surface area contributed by atoms with Gasteiger partial charge in [-0.05, 0) is 43.0 Å². The molecule has 1 aromatic heterocycles. The highest BCUT2D eigenvalue weighted by atomic mass is 16.5. The van der Waals surface area contributed by atoms with Gasteiger partial charge < -0.3 is 15.2 Å². The van der Waals surface area contributed by atoms with E-state index in [1.165, 1.54) is 12.0 Å². The Morgan fingerprint density at radius 2 is 2.00 bits per heavy atom. The summed E-state index contributed by atoms with van der Waals surface area (Å²) in [6, 6.07) is 10.9. The van der Waals surface area contributed by atoms with Crippen LogP contribution in [0.1, 0.15) is 18.4 Å². The number of pyridine rings is 1. The maximum atomic E-state index is 8.88. The van der Waals surface area contributed by atoms with E-state index in [0.717, 1.165) is 36.3 Å². The van der Waals surface area contributed by atoms with Crippen LogP contribution >= 0.6 is 0 Å². The van der Waals surface area contributed by atoms with Crippen molar-refractivity contribution in [3.8, 4) is 16.9 Å². The molecule has 0 saturated carbocycles. The van der Waals surface area contributed by atoms with Crippen LogP contribution in [0.2, 0.25) is 0 Å². The number of aliphatic hydroxyl groups excluding tert-OH is 1. The molecule has 1 aromatic carbocycles. The van der Waals surface area contributed by atoms with E-state index in [-0.39, 0.29) is 6.61 Å². The van der Waals surface area contributed by atoms with Gasteiger partial charge in [-0.2, -0.15) is 0 Å². The van der Waals surface area contributed by atoms with Crippen molar-refractivity contribution < 1.29 is 9.84 Å². The van der Waals surface area contributed by atoms with Crippen LogP contribution in [0.25, 0.3) is 11.1 Å². The molecule has 0 unspecified atom stereocenters. The first-order chi connectivity index (χ1) is 10.8. The summed E-state index contributed by atoms with van der Waals surface area (Å²) in [7, 11) is 0. The first kappa shape index (κ1) is 15.0. The van der Waals surface area contributed by atoms with Crippen LogP contribution in [0.15, 0.2) is 42.7 Å². The molecule has 3 rings (SSSR count).